The first-order valence-electron chi connectivity index (χ1n) is 10.8. The van der Waals surface area contributed by atoms with Crippen molar-refractivity contribution in [2.75, 3.05) is 13.1 Å². The van der Waals surface area contributed by atoms with Crippen LogP contribution in [-0.2, 0) is 17.8 Å². The molecule has 1 aromatic heterocycles. The van der Waals surface area contributed by atoms with Crippen LogP contribution in [0.3, 0.4) is 0 Å². The molecule has 1 aliphatic heterocycles. The molecule has 2 aromatic carbocycles. The molecule has 5 nitrogen and oxygen atoms in total. The van der Waals surface area contributed by atoms with E-state index in [4.69, 9.17) is 4.74 Å². The lowest BCUT2D eigenvalue weighted by atomic mass is 9.92. The fourth-order valence-electron chi connectivity index (χ4n) is 4.19. The predicted molar refractivity (Wildman–Crippen MR) is 120 cm³/mol. The van der Waals surface area contributed by atoms with Gasteiger partial charge in [0.15, 0.2) is 0 Å². The molecule has 0 spiro atoms. The molecule has 0 bridgehead atoms. The van der Waals surface area contributed by atoms with Crippen LogP contribution in [-0.4, -0.2) is 34.0 Å². The number of piperidine rings is 1. The summed E-state index contributed by atoms with van der Waals surface area (Å²) in [5.74, 6) is -0.0858. The van der Waals surface area contributed by atoms with Gasteiger partial charge in [0.2, 0.25) is 0 Å². The molecule has 0 amide bonds. The van der Waals surface area contributed by atoms with Crippen LogP contribution in [0.25, 0.3) is 0 Å². The Morgan fingerprint density at radius 1 is 1.03 bits per heavy atom. The van der Waals surface area contributed by atoms with Crippen LogP contribution in [0.4, 0.5) is 0 Å². The van der Waals surface area contributed by atoms with E-state index in [1.165, 1.54) is 5.56 Å². The lowest BCUT2D eigenvalue weighted by molar-refractivity contribution is -0.143. The lowest BCUT2D eigenvalue weighted by Crippen LogP contribution is -2.39. The fourth-order valence-corrected chi connectivity index (χ4v) is 4.19. The second-order valence-corrected chi connectivity index (χ2v) is 8.04. The summed E-state index contributed by atoms with van der Waals surface area (Å²) < 4.78 is 6.06. The van der Waals surface area contributed by atoms with Crippen molar-refractivity contribution in [1.82, 2.24) is 9.88 Å². The molecule has 2 heterocycles. The molecule has 1 saturated heterocycles. The van der Waals surface area contributed by atoms with Gasteiger partial charge >= 0.3 is 5.97 Å². The van der Waals surface area contributed by atoms with E-state index in [0.29, 0.717) is 19.4 Å². The number of rotatable bonds is 8. The highest BCUT2D eigenvalue weighted by atomic mass is 16.5. The largest absolute Gasteiger partial charge is 0.489 e. The zero-order chi connectivity index (χ0) is 21.5. The van der Waals surface area contributed by atoms with Crippen LogP contribution in [0.15, 0.2) is 79.0 Å². The third-order valence-electron chi connectivity index (χ3n) is 5.94. The Balaban J connectivity index is 1.52. The van der Waals surface area contributed by atoms with Gasteiger partial charge in [0.1, 0.15) is 12.4 Å². The van der Waals surface area contributed by atoms with Crippen molar-refractivity contribution in [2.45, 2.75) is 31.9 Å². The van der Waals surface area contributed by atoms with Gasteiger partial charge in [0.25, 0.3) is 0 Å². The number of carbonyl (C=O) groups is 1. The van der Waals surface area contributed by atoms with Crippen LogP contribution >= 0.6 is 0 Å². The zero-order valence-corrected chi connectivity index (χ0v) is 17.6. The average molecular weight is 417 g/mol. The summed E-state index contributed by atoms with van der Waals surface area (Å²) in [5.41, 5.74) is 3.34. The summed E-state index contributed by atoms with van der Waals surface area (Å²) in [7, 11) is 0. The molecule has 0 radical (unpaired) electrons. The summed E-state index contributed by atoms with van der Waals surface area (Å²) in [6, 6.07) is 24.5. The van der Waals surface area contributed by atoms with Crippen LogP contribution in [0, 0.1) is 5.92 Å². The zero-order valence-electron chi connectivity index (χ0n) is 17.6. The van der Waals surface area contributed by atoms with Gasteiger partial charge in [-0.25, -0.2) is 0 Å². The molecule has 1 atom stereocenters. The monoisotopic (exact) mass is 416 g/mol. The van der Waals surface area contributed by atoms with Crippen molar-refractivity contribution in [3.8, 4) is 5.75 Å². The van der Waals surface area contributed by atoms with E-state index in [9.17, 15) is 9.90 Å². The number of hydrogen-bond donors (Lipinski definition) is 1. The van der Waals surface area contributed by atoms with Gasteiger partial charge in [0, 0.05) is 24.4 Å². The standard InChI is InChI=1S/C26H28N2O3/c29-26(30)21-12-15-28(16-13-21)25(18-23-10-4-5-14-27-23)22-9-6-11-24(17-22)31-19-20-7-2-1-3-8-20/h1-11,14,17,21,25H,12-13,15-16,18-19H2,(H,29,30). The predicted octanol–water partition coefficient (Wildman–Crippen LogP) is 4.74. The molecule has 1 N–H and O–H groups in total. The number of carboxylic acids is 1. The maximum Gasteiger partial charge on any atom is 0.306 e. The number of pyridine rings is 1. The second-order valence-electron chi connectivity index (χ2n) is 8.04. The molecule has 31 heavy (non-hydrogen) atoms. The topological polar surface area (TPSA) is 62.7 Å². The Kier molecular flexibility index (Phi) is 6.95. The second kappa shape index (κ2) is 10.2. The number of carboxylic acid groups (broad SMARTS) is 1. The minimum atomic E-state index is -0.683. The van der Waals surface area contributed by atoms with Crippen LogP contribution in [0.5, 0.6) is 5.75 Å². The summed E-state index contributed by atoms with van der Waals surface area (Å²) in [6.45, 7) is 2.06. The SMILES string of the molecule is O=C(O)C1CCN(C(Cc2ccccn2)c2cccc(OCc3ccccc3)c2)CC1. The average Bonchev–Trinajstić information content (AvgIpc) is 2.83. The van der Waals surface area contributed by atoms with Gasteiger partial charge < -0.3 is 9.84 Å². The van der Waals surface area contributed by atoms with Gasteiger partial charge in [-0.3, -0.25) is 14.7 Å². The first-order chi connectivity index (χ1) is 15.2. The van der Waals surface area contributed by atoms with Crippen molar-refractivity contribution in [1.29, 1.82) is 0 Å². The molecule has 3 aromatic rings. The third-order valence-corrected chi connectivity index (χ3v) is 5.94. The van der Waals surface area contributed by atoms with Crippen molar-refractivity contribution >= 4 is 5.97 Å². The number of nitrogens with zero attached hydrogens (tertiary/aromatic N) is 2. The van der Waals surface area contributed by atoms with Crippen LogP contribution < -0.4 is 4.74 Å². The highest BCUT2D eigenvalue weighted by Crippen LogP contribution is 2.31. The highest BCUT2D eigenvalue weighted by Gasteiger charge is 2.29. The number of likely N-dealkylation sites (tertiary alicyclic amines) is 1. The van der Waals surface area contributed by atoms with Crippen molar-refractivity contribution < 1.29 is 14.6 Å². The first-order valence-corrected chi connectivity index (χ1v) is 10.8. The summed E-state index contributed by atoms with van der Waals surface area (Å²) >= 11 is 0. The molecule has 0 saturated carbocycles. The fraction of sp³-hybridized carbons (Fsp3) is 0.308. The molecule has 5 heteroatoms. The van der Waals surface area contributed by atoms with Gasteiger partial charge in [-0.2, -0.15) is 0 Å². The van der Waals surface area contributed by atoms with E-state index < -0.39 is 5.97 Å². The lowest BCUT2D eigenvalue weighted by Gasteiger charge is -2.37. The number of ether oxygens (including phenoxy) is 1. The van der Waals surface area contributed by atoms with E-state index >= 15 is 0 Å². The van der Waals surface area contributed by atoms with E-state index in [1.807, 2.05) is 54.7 Å². The Morgan fingerprint density at radius 2 is 1.81 bits per heavy atom. The molecular weight excluding hydrogens is 388 g/mol. The Labute approximate surface area is 183 Å². The number of aliphatic carboxylic acids is 1. The molecule has 0 aliphatic carbocycles. The van der Waals surface area contributed by atoms with E-state index in [0.717, 1.165) is 36.5 Å². The van der Waals surface area contributed by atoms with Gasteiger partial charge in [0.05, 0.1) is 5.92 Å². The molecular formula is C26H28N2O3. The normalized spacial score (nSPS) is 16.0. The number of hydrogen-bond acceptors (Lipinski definition) is 4. The highest BCUT2D eigenvalue weighted by molar-refractivity contribution is 5.70. The first kappa shape index (κ1) is 21.1. The molecule has 1 fully saturated rings. The maximum atomic E-state index is 11.4. The van der Waals surface area contributed by atoms with Gasteiger partial charge in [-0.05, 0) is 61.3 Å². The summed E-state index contributed by atoms with van der Waals surface area (Å²) in [5, 5.41) is 9.36. The van der Waals surface area contributed by atoms with Crippen molar-refractivity contribution in [3.05, 3.63) is 95.8 Å². The number of aromatic nitrogens is 1. The molecule has 1 unspecified atom stereocenters. The quantitative estimate of drug-likeness (QED) is 0.575. The van der Waals surface area contributed by atoms with Gasteiger partial charge in [-0.1, -0.05) is 48.5 Å². The van der Waals surface area contributed by atoms with E-state index in [2.05, 4.69) is 34.1 Å². The van der Waals surface area contributed by atoms with E-state index in [-0.39, 0.29) is 12.0 Å². The Bertz CT molecular complexity index is 970. The van der Waals surface area contributed by atoms with Crippen molar-refractivity contribution in [3.63, 3.8) is 0 Å². The smallest absolute Gasteiger partial charge is 0.306 e. The third kappa shape index (κ3) is 5.70. The minimum absolute atomic E-state index is 0.130. The molecule has 160 valence electrons. The maximum absolute atomic E-state index is 11.4. The van der Waals surface area contributed by atoms with Crippen LogP contribution in [0.1, 0.15) is 35.7 Å². The Hall–Kier alpha value is -3.18. The Morgan fingerprint density at radius 3 is 2.52 bits per heavy atom. The minimum Gasteiger partial charge on any atom is -0.489 e. The number of benzene rings is 2. The van der Waals surface area contributed by atoms with E-state index in [1.54, 1.807) is 0 Å². The summed E-state index contributed by atoms with van der Waals surface area (Å²) in [6.07, 6.45) is 3.96. The summed E-state index contributed by atoms with van der Waals surface area (Å²) in [4.78, 5) is 18.3. The van der Waals surface area contributed by atoms with Gasteiger partial charge in [-0.15, -0.1) is 0 Å². The molecule has 4 rings (SSSR count). The van der Waals surface area contributed by atoms with Crippen LogP contribution in [0.2, 0.25) is 0 Å². The molecule has 1 aliphatic rings. The van der Waals surface area contributed by atoms with Crippen molar-refractivity contribution in [2.24, 2.45) is 5.92 Å².